The maximum Gasteiger partial charge on any atom is 0.241 e. The van der Waals surface area contributed by atoms with Crippen molar-refractivity contribution in [2.45, 2.75) is 45.2 Å². The van der Waals surface area contributed by atoms with E-state index in [2.05, 4.69) is 26.0 Å². The van der Waals surface area contributed by atoms with Gasteiger partial charge in [0, 0.05) is 17.1 Å². The van der Waals surface area contributed by atoms with Crippen molar-refractivity contribution in [1.82, 2.24) is 10.0 Å². The van der Waals surface area contributed by atoms with Crippen molar-refractivity contribution in [2.75, 3.05) is 7.05 Å². The Morgan fingerprint density at radius 1 is 1.25 bits per heavy atom. The van der Waals surface area contributed by atoms with Crippen LogP contribution < -0.4 is 10.0 Å². The zero-order chi connectivity index (χ0) is 15.5. The average molecular weight is 363 g/mol. The molecule has 1 atom stereocenters. The highest BCUT2D eigenvalue weighted by Crippen LogP contribution is 2.26. The van der Waals surface area contributed by atoms with Crippen LogP contribution in [0.1, 0.15) is 31.9 Å². The molecule has 0 saturated carbocycles. The highest BCUT2D eigenvalue weighted by molar-refractivity contribution is 9.10. The van der Waals surface area contributed by atoms with E-state index in [-0.39, 0.29) is 12.0 Å². The minimum Gasteiger partial charge on any atom is -0.316 e. The quantitative estimate of drug-likeness (QED) is 0.817. The van der Waals surface area contributed by atoms with Gasteiger partial charge in [-0.05, 0) is 50.1 Å². The molecule has 0 aromatic heterocycles. The maximum atomic E-state index is 12.5. The largest absolute Gasteiger partial charge is 0.316 e. The van der Waals surface area contributed by atoms with E-state index in [4.69, 9.17) is 0 Å². The second-order valence-electron chi connectivity index (χ2n) is 5.39. The van der Waals surface area contributed by atoms with Crippen LogP contribution in [0, 0.1) is 12.8 Å². The standard InChI is InChI=1S/C14H23BrN2O2S/c1-9(2)11(4)17-20(18,19)14-7-12(8-16-5)6-13(15)10(14)3/h6-7,9,11,16-17H,8H2,1-5H3. The van der Waals surface area contributed by atoms with Crippen molar-refractivity contribution in [2.24, 2.45) is 5.92 Å². The fourth-order valence-corrected chi connectivity index (χ4v) is 4.08. The Kier molecular flexibility index (Phi) is 6.19. The molecule has 114 valence electrons. The Hall–Kier alpha value is -0.430. The first-order valence-electron chi connectivity index (χ1n) is 6.65. The van der Waals surface area contributed by atoms with Gasteiger partial charge in [0.1, 0.15) is 0 Å². The molecule has 0 bridgehead atoms. The monoisotopic (exact) mass is 362 g/mol. The van der Waals surface area contributed by atoms with E-state index in [9.17, 15) is 8.42 Å². The molecule has 0 amide bonds. The van der Waals surface area contributed by atoms with Crippen LogP contribution in [-0.2, 0) is 16.6 Å². The third-order valence-electron chi connectivity index (χ3n) is 3.37. The molecule has 1 rings (SSSR count). The molecular weight excluding hydrogens is 340 g/mol. The van der Waals surface area contributed by atoms with Gasteiger partial charge in [-0.3, -0.25) is 0 Å². The molecule has 1 aromatic rings. The summed E-state index contributed by atoms with van der Waals surface area (Å²) in [7, 11) is -1.67. The summed E-state index contributed by atoms with van der Waals surface area (Å²) < 4.78 is 28.6. The molecule has 4 nitrogen and oxygen atoms in total. The predicted molar refractivity (Wildman–Crippen MR) is 86.3 cm³/mol. The lowest BCUT2D eigenvalue weighted by Crippen LogP contribution is -2.36. The number of hydrogen-bond donors (Lipinski definition) is 2. The number of sulfonamides is 1. The lowest BCUT2D eigenvalue weighted by molar-refractivity contribution is 0.476. The first-order chi connectivity index (χ1) is 9.19. The maximum absolute atomic E-state index is 12.5. The van der Waals surface area contributed by atoms with Crippen LogP contribution in [0.15, 0.2) is 21.5 Å². The minimum atomic E-state index is -3.51. The Morgan fingerprint density at radius 2 is 1.85 bits per heavy atom. The van der Waals surface area contributed by atoms with Gasteiger partial charge in [-0.25, -0.2) is 13.1 Å². The predicted octanol–water partition coefficient (Wildman–Crippen LogP) is 2.80. The van der Waals surface area contributed by atoms with Crippen LogP contribution in [0.3, 0.4) is 0 Å². The minimum absolute atomic E-state index is 0.105. The van der Waals surface area contributed by atoms with Gasteiger partial charge in [0.15, 0.2) is 0 Å². The molecule has 6 heteroatoms. The van der Waals surface area contributed by atoms with Gasteiger partial charge in [-0.1, -0.05) is 29.8 Å². The normalized spacial score (nSPS) is 13.8. The van der Waals surface area contributed by atoms with E-state index in [0.717, 1.165) is 15.6 Å². The molecule has 0 aliphatic carbocycles. The summed E-state index contributed by atoms with van der Waals surface area (Å²) in [4.78, 5) is 0.338. The Morgan fingerprint density at radius 3 is 2.35 bits per heavy atom. The second kappa shape index (κ2) is 7.02. The summed E-state index contributed by atoms with van der Waals surface area (Å²) in [6.45, 7) is 8.30. The van der Waals surface area contributed by atoms with Crippen LogP contribution in [0.5, 0.6) is 0 Å². The highest BCUT2D eigenvalue weighted by atomic mass is 79.9. The molecular formula is C14H23BrN2O2S. The summed E-state index contributed by atoms with van der Waals surface area (Å²) in [5.41, 5.74) is 1.66. The van der Waals surface area contributed by atoms with Crippen LogP contribution in [0.4, 0.5) is 0 Å². The molecule has 0 saturated heterocycles. The van der Waals surface area contributed by atoms with Gasteiger partial charge in [0.05, 0.1) is 4.90 Å². The molecule has 0 radical (unpaired) electrons. The fraction of sp³-hybridized carbons (Fsp3) is 0.571. The topological polar surface area (TPSA) is 58.2 Å². The number of halogens is 1. The zero-order valence-electron chi connectivity index (χ0n) is 12.6. The van der Waals surface area contributed by atoms with Crippen molar-refractivity contribution >= 4 is 26.0 Å². The Bertz CT molecular complexity index is 571. The van der Waals surface area contributed by atoms with Gasteiger partial charge >= 0.3 is 0 Å². The van der Waals surface area contributed by atoms with E-state index < -0.39 is 10.0 Å². The molecule has 2 N–H and O–H groups in total. The Labute approximate surface area is 130 Å². The van der Waals surface area contributed by atoms with Crippen molar-refractivity contribution in [1.29, 1.82) is 0 Å². The molecule has 0 fully saturated rings. The van der Waals surface area contributed by atoms with E-state index >= 15 is 0 Å². The van der Waals surface area contributed by atoms with Crippen molar-refractivity contribution < 1.29 is 8.42 Å². The Balaban J connectivity index is 3.23. The van der Waals surface area contributed by atoms with Gasteiger partial charge in [-0.15, -0.1) is 0 Å². The highest BCUT2D eigenvalue weighted by Gasteiger charge is 2.22. The molecule has 0 aliphatic rings. The number of nitrogens with one attached hydrogen (secondary N) is 2. The molecule has 1 unspecified atom stereocenters. The molecule has 0 spiro atoms. The zero-order valence-corrected chi connectivity index (χ0v) is 15.0. The van der Waals surface area contributed by atoms with Crippen LogP contribution >= 0.6 is 15.9 Å². The third-order valence-corrected chi connectivity index (χ3v) is 5.88. The van der Waals surface area contributed by atoms with Gasteiger partial charge in [0.25, 0.3) is 0 Å². The summed E-state index contributed by atoms with van der Waals surface area (Å²) in [6, 6.07) is 3.56. The fourth-order valence-electron chi connectivity index (χ4n) is 1.74. The lowest BCUT2D eigenvalue weighted by atomic mass is 10.1. The van der Waals surface area contributed by atoms with E-state index in [0.29, 0.717) is 11.4 Å². The second-order valence-corrected chi connectivity index (χ2v) is 7.92. The van der Waals surface area contributed by atoms with E-state index in [1.807, 2.05) is 40.8 Å². The first kappa shape index (κ1) is 17.6. The van der Waals surface area contributed by atoms with Crippen LogP contribution in [-0.4, -0.2) is 21.5 Å². The summed E-state index contributed by atoms with van der Waals surface area (Å²) in [5.74, 6) is 0.244. The average Bonchev–Trinajstić information content (AvgIpc) is 2.33. The third kappa shape index (κ3) is 4.28. The number of benzene rings is 1. The van der Waals surface area contributed by atoms with Crippen LogP contribution in [0.25, 0.3) is 0 Å². The SMILES string of the molecule is CNCc1cc(Br)c(C)c(S(=O)(=O)NC(C)C(C)C)c1. The van der Waals surface area contributed by atoms with Gasteiger partial charge < -0.3 is 5.32 Å². The first-order valence-corrected chi connectivity index (χ1v) is 8.92. The number of hydrogen-bond acceptors (Lipinski definition) is 3. The smallest absolute Gasteiger partial charge is 0.241 e. The van der Waals surface area contributed by atoms with Crippen molar-refractivity contribution in [3.63, 3.8) is 0 Å². The molecule has 20 heavy (non-hydrogen) atoms. The molecule has 0 aliphatic heterocycles. The molecule has 0 heterocycles. The molecule has 1 aromatic carbocycles. The summed E-state index contributed by atoms with van der Waals surface area (Å²) in [5, 5.41) is 3.03. The van der Waals surface area contributed by atoms with Gasteiger partial charge in [0.2, 0.25) is 10.0 Å². The van der Waals surface area contributed by atoms with Gasteiger partial charge in [-0.2, -0.15) is 0 Å². The van der Waals surface area contributed by atoms with Crippen molar-refractivity contribution in [3.05, 3.63) is 27.7 Å². The lowest BCUT2D eigenvalue weighted by Gasteiger charge is -2.19. The summed E-state index contributed by atoms with van der Waals surface area (Å²) in [6.07, 6.45) is 0. The summed E-state index contributed by atoms with van der Waals surface area (Å²) >= 11 is 3.43. The van der Waals surface area contributed by atoms with Crippen molar-refractivity contribution in [3.8, 4) is 0 Å². The van der Waals surface area contributed by atoms with E-state index in [1.54, 1.807) is 6.07 Å². The number of rotatable bonds is 6. The van der Waals surface area contributed by atoms with Crippen LogP contribution in [0.2, 0.25) is 0 Å². The van der Waals surface area contributed by atoms with E-state index in [1.165, 1.54) is 0 Å².